The van der Waals surface area contributed by atoms with Crippen molar-refractivity contribution in [3.63, 3.8) is 0 Å². The second-order valence-electron chi connectivity index (χ2n) is 2.40. The average molecular weight is 170 g/mol. The molecule has 0 rings (SSSR count). The lowest BCUT2D eigenvalue weighted by molar-refractivity contribution is -0.143. The highest BCUT2D eigenvalue weighted by Gasteiger charge is 2.07. The monoisotopic (exact) mass is 170 g/mol. The van der Waals surface area contributed by atoms with E-state index in [0.717, 1.165) is 0 Å². The Morgan fingerprint density at radius 2 is 2.08 bits per heavy atom. The number of rotatable bonds is 5. The summed E-state index contributed by atoms with van der Waals surface area (Å²) in [5.74, 6) is -0.527. The van der Waals surface area contributed by atoms with Crippen LogP contribution in [0.4, 0.5) is 0 Å². The van der Waals surface area contributed by atoms with Crippen molar-refractivity contribution in [2.75, 3.05) is 7.11 Å². The summed E-state index contributed by atoms with van der Waals surface area (Å²) in [6.45, 7) is 1.89. The van der Waals surface area contributed by atoms with Crippen LogP contribution in [-0.4, -0.2) is 18.9 Å². The normalized spacial score (nSPS) is 10.2. The Labute approximate surface area is 72.4 Å². The number of carbonyl (C=O) groups excluding carboxylic acids is 2. The summed E-state index contributed by atoms with van der Waals surface area (Å²) in [5, 5.41) is 0. The zero-order chi connectivity index (χ0) is 9.40. The molecule has 0 bridgehead atoms. The average Bonchev–Trinajstić information content (AvgIpc) is 2.05. The molecule has 0 spiro atoms. The summed E-state index contributed by atoms with van der Waals surface area (Å²) in [6.07, 6.45) is 4.79. The molecule has 68 valence electrons. The van der Waals surface area contributed by atoms with Crippen molar-refractivity contribution in [1.29, 1.82) is 0 Å². The van der Waals surface area contributed by atoms with Gasteiger partial charge in [0.15, 0.2) is 0 Å². The van der Waals surface area contributed by atoms with Crippen molar-refractivity contribution >= 4 is 11.8 Å². The molecule has 0 fully saturated rings. The van der Waals surface area contributed by atoms with E-state index in [1.54, 1.807) is 0 Å². The van der Waals surface area contributed by atoms with Gasteiger partial charge in [0.1, 0.15) is 12.2 Å². The first-order valence-corrected chi connectivity index (χ1v) is 3.90. The predicted molar refractivity (Wildman–Crippen MR) is 45.7 cm³/mol. The van der Waals surface area contributed by atoms with Crippen molar-refractivity contribution in [3.05, 3.63) is 12.2 Å². The lowest BCUT2D eigenvalue weighted by Gasteiger charge is -1.96. The van der Waals surface area contributed by atoms with Gasteiger partial charge in [-0.25, -0.2) is 0 Å². The van der Waals surface area contributed by atoms with E-state index in [9.17, 15) is 9.59 Å². The molecule has 0 saturated carbocycles. The van der Waals surface area contributed by atoms with Gasteiger partial charge in [-0.15, -0.1) is 0 Å². The number of esters is 1. The molecule has 12 heavy (non-hydrogen) atoms. The Morgan fingerprint density at radius 1 is 1.42 bits per heavy atom. The minimum atomic E-state index is -0.458. The largest absolute Gasteiger partial charge is 0.469 e. The Kier molecular flexibility index (Phi) is 5.97. The van der Waals surface area contributed by atoms with E-state index in [2.05, 4.69) is 4.74 Å². The molecule has 0 aromatic rings. The molecule has 0 amide bonds. The van der Waals surface area contributed by atoms with Crippen molar-refractivity contribution in [2.45, 2.75) is 26.2 Å². The van der Waals surface area contributed by atoms with Gasteiger partial charge in [-0.3, -0.25) is 9.59 Å². The molecule has 0 aromatic carbocycles. The molecule has 0 unspecified atom stereocenters. The molecule has 0 N–H and O–H groups in total. The van der Waals surface area contributed by atoms with E-state index < -0.39 is 5.97 Å². The van der Waals surface area contributed by atoms with E-state index >= 15 is 0 Å². The van der Waals surface area contributed by atoms with Crippen LogP contribution in [-0.2, 0) is 14.3 Å². The number of ether oxygens (including phenoxy) is 1. The number of methoxy groups -OCH3 is 1. The summed E-state index contributed by atoms with van der Waals surface area (Å²) >= 11 is 0. The first-order valence-electron chi connectivity index (χ1n) is 3.90. The molecule has 0 heterocycles. The van der Waals surface area contributed by atoms with E-state index in [1.807, 2.05) is 19.1 Å². The Balaban J connectivity index is 3.53. The summed E-state index contributed by atoms with van der Waals surface area (Å²) in [7, 11) is 1.28. The fourth-order valence-corrected chi connectivity index (χ4v) is 0.733. The lowest BCUT2D eigenvalue weighted by atomic mass is 10.1. The zero-order valence-corrected chi connectivity index (χ0v) is 7.50. The zero-order valence-electron chi connectivity index (χ0n) is 7.50. The predicted octanol–water partition coefficient (Wildman–Crippen LogP) is 1.47. The van der Waals surface area contributed by atoms with Gasteiger partial charge in [-0.1, -0.05) is 12.2 Å². The number of hydrogen-bond donors (Lipinski definition) is 0. The summed E-state index contributed by atoms with van der Waals surface area (Å²) in [4.78, 5) is 21.5. The van der Waals surface area contributed by atoms with Gasteiger partial charge in [0.2, 0.25) is 0 Å². The number of Topliss-reactive ketones (excluding diaryl/α,β-unsaturated/α-hetero) is 1. The van der Waals surface area contributed by atoms with Gasteiger partial charge in [-0.05, 0) is 13.3 Å². The third-order valence-corrected chi connectivity index (χ3v) is 1.39. The van der Waals surface area contributed by atoms with Gasteiger partial charge in [0.05, 0.1) is 7.11 Å². The fraction of sp³-hybridized carbons (Fsp3) is 0.556. The lowest BCUT2D eigenvalue weighted by Crippen LogP contribution is -2.08. The summed E-state index contributed by atoms with van der Waals surface area (Å²) < 4.78 is 4.35. The topological polar surface area (TPSA) is 43.4 Å². The van der Waals surface area contributed by atoms with Crippen LogP contribution in [0.2, 0.25) is 0 Å². The molecule has 3 heteroatoms. The van der Waals surface area contributed by atoms with Crippen molar-refractivity contribution < 1.29 is 14.3 Å². The third kappa shape index (κ3) is 5.65. The quantitative estimate of drug-likeness (QED) is 0.356. The molecule has 0 aliphatic rings. The smallest absolute Gasteiger partial charge is 0.313 e. The van der Waals surface area contributed by atoms with Crippen molar-refractivity contribution in [1.82, 2.24) is 0 Å². The number of allylic oxidation sites excluding steroid dienone is 2. The van der Waals surface area contributed by atoms with Crippen LogP contribution in [0.5, 0.6) is 0 Å². The second kappa shape index (κ2) is 6.58. The first kappa shape index (κ1) is 10.9. The summed E-state index contributed by atoms with van der Waals surface area (Å²) in [6, 6.07) is 0. The van der Waals surface area contributed by atoms with Gasteiger partial charge in [0.25, 0.3) is 0 Å². The molecule has 0 aliphatic carbocycles. The maximum Gasteiger partial charge on any atom is 0.313 e. The van der Waals surface area contributed by atoms with Gasteiger partial charge >= 0.3 is 5.97 Å². The first-order chi connectivity index (χ1) is 5.70. The van der Waals surface area contributed by atoms with Crippen LogP contribution in [0.3, 0.4) is 0 Å². The molecule has 3 nitrogen and oxygen atoms in total. The van der Waals surface area contributed by atoms with Crippen LogP contribution in [0.1, 0.15) is 26.2 Å². The maximum absolute atomic E-state index is 11.0. The van der Waals surface area contributed by atoms with E-state index in [-0.39, 0.29) is 12.2 Å². The Bertz CT molecular complexity index is 182. The molecule has 0 radical (unpaired) electrons. The summed E-state index contributed by atoms with van der Waals surface area (Å²) in [5.41, 5.74) is 0. The minimum absolute atomic E-state index is 0.0695. The van der Waals surface area contributed by atoms with Crippen LogP contribution in [0, 0.1) is 0 Å². The number of hydrogen-bond acceptors (Lipinski definition) is 3. The molecule has 0 atom stereocenters. The molecule has 0 aliphatic heterocycles. The molecule has 0 saturated heterocycles. The third-order valence-electron chi connectivity index (χ3n) is 1.39. The van der Waals surface area contributed by atoms with Crippen molar-refractivity contribution in [3.8, 4) is 0 Å². The molecular formula is C9H14O3. The highest BCUT2D eigenvalue weighted by atomic mass is 16.5. The van der Waals surface area contributed by atoms with E-state index in [1.165, 1.54) is 7.11 Å². The molecule has 0 aromatic heterocycles. The SMILES string of the molecule is CC=CCCC(=O)CC(=O)OC. The van der Waals surface area contributed by atoms with E-state index in [0.29, 0.717) is 12.8 Å². The molecular weight excluding hydrogens is 156 g/mol. The highest BCUT2D eigenvalue weighted by molar-refractivity contribution is 5.95. The van der Waals surface area contributed by atoms with Crippen LogP contribution in [0.15, 0.2) is 12.2 Å². The minimum Gasteiger partial charge on any atom is -0.469 e. The Morgan fingerprint density at radius 3 is 2.58 bits per heavy atom. The second-order valence-corrected chi connectivity index (χ2v) is 2.40. The highest BCUT2D eigenvalue weighted by Crippen LogP contribution is 1.97. The number of ketones is 1. The van der Waals surface area contributed by atoms with E-state index in [4.69, 9.17) is 0 Å². The van der Waals surface area contributed by atoms with Crippen molar-refractivity contribution in [2.24, 2.45) is 0 Å². The fourth-order valence-electron chi connectivity index (χ4n) is 0.733. The van der Waals surface area contributed by atoms with Gasteiger partial charge in [0, 0.05) is 6.42 Å². The maximum atomic E-state index is 11.0. The van der Waals surface area contributed by atoms with Gasteiger partial charge < -0.3 is 4.74 Å². The van der Waals surface area contributed by atoms with Crippen LogP contribution >= 0.6 is 0 Å². The Hall–Kier alpha value is -1.12. The van der Waals surface area contributed by atoms with Crippen LogP contribution < -0.4 is 0 Å². The number of carbonyl (C=O) groups is 2. The van der Waals surface area contributed by atoms with Crippen LogP contribution in [0.25, 0.3) is 0 Å². The standard InChI is InChI=1S/C9H14O3/c1-3-4-5-6-8(10)7-9(11)12-2/h3-4H,5-7H2,1-2H3. The van der Waals surface area contributed by atoms with Gasteiger partial charge in [-0.2, -0.15) is 0 Å².